The van der Waals surface area contributed by atoms with Gasteiger partial charge < -0.3 is 9.84 Å². The zero-order valence-corrected chi connectivity index (χ0v) is 11.7. The number of hydrogen-bond donors (Lipinski definition) is 1. The molecule has 0 amide bonds. The number of ether oxygens (including phenoxy) is 1. The van der Waals surface area contributed by atoms with Crippen LogP contribution in [0.25, 0.3) is 0 Å². The van der Waals surface area contributed by atoms with E-state index in [-0.39, 0.29) is 0 Å². The van der Waals surface area contributed by atoms with Gasteiger partial charge in [0.15, 0.2) is 0 Å². The lowest BCUT2D eigenvalue weighted by Gasteiger charge is -2.13. The summed E-state index contributed by atoms with van der Waals surface area (Å²) in [5.74, 6) is -0.564. The molecule has 0 radical (unpaired) electrons. The van der Waals surface area contributed by atoms with Crippen molar-refractivity contribution < 1.29 is 14.6 Å². The number of aliphatic carboxylic acids is 1. The van der Waals surface area contributed by atoms with Gasteiger partial charge in [0, 0.05) is 11.1 Å². The molecule has 2 rings (SSSR count). The first-order valence-electron chi connectivity index (χ1n) is 6.20. The molecule has 1 fully saturated rings. The van der Waals surface area contributed by atoms with Gasteiger partial charge in [-0.1, -0.05) is 28.1 Å². The Morgan fingerprint density at radius 2 is 2.06 bits per heavy atom. The molecule has 1 aromatic carbocycles. The second kappa shape index (κ2) is 6.34. The smallest absolute Gasteiger partial charge is 0.309 e. The fraction of sp³-hybridized carbons (Fsp3) is 0.500. The molecule has 98 valence electrons. The highest BCUT2D eigenvalue weighted by Crippen LogP contribution is 2.29. The number of carboxylic acids is 1. The summed E-state index contributed by atoms with van der Waals surface area (Å²) in [6.45, 7) is 1.02. The van der Waals surface area contributed by atoms with E-state index in [0.29, 0.717) is 25.6 Å². The van der Waals surface area contributed by atoms with E-state index in [0.717, 1.165) is 10.0 Å². The first-order valence-corrected chi connectivity index (χ1v) is 6.99. The van der Waals surface area contributed by atoms with E-state index in [2.05, 4.69) is 15.9 Å². The maximum Gasteiger partial charge on any atom is 0.309 e. The number of carbonyl (C=O) groups is 1. The predicted octanol–water partition coefficient (Wildman–Crippen LogP) is 3.12. The predicted molar refractivity (Wildman–Crippen MR) is 72.5 cm³/mol. The average molecular weight is 313 g/mol. The number of benzene rings is 1. The second-order valence-electron chi connectivity index (χ2n) is 4.85. The zero-order chi connectivity index (χ0) is 13.0. The Balaban J connectivity index is 1.84. The third-order valence-corrected chi connectivity index (χ3v) is 3.64. The summed E-state index contributed by atoms with van der Waals surface area (Å²) >= 11 is 3.36. The minimum atomic E-state index is -0.784. The molecule has 0 aliphatic heterocycles. The summed E-state index contributed by atoms with van der Waals surface area (Å²) in [5, 5.41) is 9.18. The topological polar surface area (TPSA) is 46.5 Å². The first-order chi connectivity index (χ1) is 8.65. The van der Waals surface area contributed by atoms with Crippen molar-refractivity contribution in [3.05, 3.63) is 34.3 Å². The van der Waals surface area contributed by atoms with E-state index >= 15 is 0 Å². The van der Waals surface area contributed by atoms with Crippen LogP contribution in [0.3, 0.4) is 0 Å². The van der Waals surface area contributed by atoms with Gasteiger partial charge in [-0.2, -0.15) is 0 Å². The maximum absolute atomic E-state index is 11.2. The lowest BCUT2D eigenvalue weighted by atomic mass is 10.0. The van der Waals surface area contributed by atoms with Crippen molar-refractivity contribution in [2.45, 2.75) is 19.3 Å². The van der Waals surface area contributed by atoms with Crippen LogP contribution in [-0.4, -0.2) is 24.3 Å². The van der Waals surface area contributed by atoms with E-state index in [1.165, 1.54) is 12.8 Å². The molecule has 0 bridgehead atoms. The number of carboxylic acid groups (broad SMARTS) is 1. The molecule has 3 nitrogen and oxygen atoms in total. The molecule has 0 aromatic heterocycles. The van der Waals surface area contributed by atoms with E-state index in [9.17, 15) is 9.90 Å². The zero-order valence-electron chi connectivity index (χ0n) is 10.1. The van der Waals surface area contributed by atoms with E-state index in [4.69, 9.17) is 4.74 Å². The van der Waals surface area contributed by atoms with Crippen LogP contribution in [0.4, 0.5) is 0 Å². The Morgan fingerprint density at radius 3 is 2.61 bits per heavy atom. The van der Waals surface area contributed by atoms with Crippen molar-refractivity contribution in [1.29, 1.82) is 0 Å². The molecule has 1 aliphatic carbocycles. The Hall–Kier alpha value is -0.870. The fourth-order valence-electron chi connectivity index (χ4n) is 1.78. The van der Waals surface area contributed by atoms with Gasteiger partial charge in [0.1, 0.15) is 0 Å². The average Bonchev–Trinajstić information content (AvgIpc) is 3.14. The molecule has 18 heavy (non-hydrogen) atoms. The Morgan fingerprint density at radius 1 is 1.39 bits per heavy atom. The molecule has 1 unspecified atom stereocenters. The van der Waals surface area contributed by atoms with Crippen molar-refractivity contribution in [3.8, 4) is 0 Å². The highest BCUT2D eigenvalue weighted by atomic mass is 79.9. The van der Waals surface area contributed by atoms with E-state index in [1.54, 1.807) is 0 Å². The molecule has 4 heteroatoms. The van der Waals surface area contributed by atoms with Gasteiger partial charge in [-0.3, -0.25) is 4.79 Å². The Labute approximate surface area is 115 Å². The largest absolute Gasteiger partial charge is 0.481 e. The second-order valence-corrected chi connectivity index (χ2v) is 5.76. The lowest BCUT2D eigenvalue weighted by Crippen LogP contribution is -2.22. The van der Waals surface area contributed by atoms with Gasteiger partial charge in [-0.25, -0.2) is 0 Å². The maximum atomic E-state index is 11.2. The van der Waals surface area contributed by atoms with E-state index in [1.807, 2.05) is 24.3 Å². The van der Waals surface area contributed by atoms with Crippen LogP contribution in [0.1, 0.15) is 18.4 Å². The minimum Gasteiger partial charge on any atom is -0.481 e. The number of hydrogen-bond acceptors (Lipinski definition) is 2. The van der Waals surface area contributed by atoms with Crippen LogP contribution in [0.2, 0.25) is 0 Å². The highest BCUT2D eigenvalue weighted by Gasteiger charge is 2.23. The number of rotatable bonds is 7. The standard InChI is InChI=1S/C14H17BrO3/c15-13-5-3-10(4-6-13)7-12(14(16)17)9-18-8-11-1-2-11/h3-6,11-12H,1-2,7-9H2,(H,16,17). The van der Waals surface area contributed by atoms with Crippen molar-refractivity contribution in [2.75, 3.05) is 13.2 Å². The summed E-state index contributed by atoms with van der Waals surface area (Å²) in [6.07, 6.45) is 2.97. The third-order valence-electron chi connectivity index (χ3n) is 3.11. The fourth-order valence-corrected chi connectivity index (χ4v) is 2.05. The van der Waals surface area contributed by atoms with Gasteiger partial charge in [-0.05, 0) is 42.9 Å². The molecule has 1 atom stereocenters. The highest BCUT2D eigenvalue weighted by molar-refractivity contribution is 9.10. The van der Waals surface area contributed by atoms with Gasteiger partial charge in [0.05, 0.1) is 12.5 Å². The van der Waals surface area contributed by atoms with Crippen LogP contribution >= 0.6 is 15.9 Å². The van der Waals surface area contributed by atoms with Gasteiger partial charge in [0.2, 0.25) is 0 Å². The third kappa shape index (κ3) is 4.42. The quantitative estimate of drug-likeness (QED) is 0.841. The SMILES string of the molecule is O=C(O)C(COCC1CC1)Cc1ccc(Br)cc1. The molecular weight excluding hydrogens is 296 g/mol. The van der Waals surface area contributed by atoms with Gasteiger partial charge in [-0.15, -0.1) is 0 Å². The normalized spacial score (nSPS) is 16.5. The lowest BCUT2D eigenvalue weighted by molar-refractivity contribution is -0.143. The van der Waals surface area contributed by atoms with Crippen LogP contribution in [0.15, 0.2) is 28.7 Å². The molecule has 0 spiro atoms. The number of halogens is 1. The summed E-state index contributed by atoms with van der Waals surface area (Å²) in [5.41, 5.74) is 1.03. The van der Waals surface area contributed by atoms with Crippen LogP contribution in [0, 0.1) is 11.8 Å². The molecule has 1 saturated carbocycles. The van der Waals surface area contributed by atoms with E-state index < -0.39 is 11.9 Å². The summed E-state index contributed by atoms with van der Waals surface area (Å²) in [6, 6.07) is 7.75. The van der Waals surface area contributed by atoms with Crippen LogP contribution in [-0.2, 0) is 16.0 Å². The Bertz CT molecular complexity index is 398. The van der Waals surface area contributed by atoms with Gasteiger partial charge in [0.25, 0.3) is 0 Å². The summed E-state index contributed by atoms with van der Waals surface area (Å²) in [7, 11) is 0. The van der Waals surface area contributed by atoms with Crippen molar-refractivity contribution >= 4 is 21.9 Å². The Kier molecular flexibility index (Phi) is 4.78. The van der Waals surface area contributed by atoms with Crippen molar-refractivity contribution in [2.24, 2.45) is 11.8 Å². The molecule has 1 aromatic rings. The summed E-state index contributed by atoms with van der Waals surface area (Å²) in [4.78, 5) is 11.2. The molecule has 0 heterocycles. The molecule has 1 aliphatic rings. The summed E-state index contributed by atoms with van der Waals surface area (Å²) < 4.78 is 6.49. The van der Waals surface area contributed by atoms with Crippen molar-refractivity contribution in [1.82, 2.24) is 0 Å². The molecule has 1 N–H and O–H groups in total. The molecule has 0 saturated heterocycles. The first kappa shape index (κ1) is 13.6. The minimum absolute atomic E-state index is 0.307. The van der Waals surface area contributed by atoms with Gasteiger partial charge >= 0.3 is 5.97 Å². The van der Waals surface area contributed by atoms with Crippen LogP contribution in [0.5, 0.6) is 0 Å². The monoisotopic (exact) mass is 312 g/mol. The van der Waals surface area contributed by atoms with Crippen LogP contribution < -0.4 is 0 Å². The molecular formula is C14H17BrO3. The van der Waals surface area contributed by atoms with Crippen molar-refractivity contribution in [3.63, 3.8) is 0 Å².